The van der Waals surface area contributed by atoms with E-state index in [0.717, 1.165) is 0 Å². The lowest BCUT2D eigenvalue weighted by molar-refractivity contribution is -0.145. The highest BCUT2D eigenvalue weighted by molar-refractivity contribution is 5.88. The SMILES string of the molecule is C=C(COC)C(=O)OC1COC(=O)C1. The lowest BCUT2D eigenvalue weighted by Crippen LogP contribution is -2.20. The van der Waals surface area contributed by atoms with Gasteiger partial charge in [-0.1, -0.05) is 6.58 Å². The van der Waals surface area contributed by atoms with E-state index in [1.54, 1.807) is 0 Å². The van der Waals surface area contributed by atoms with Crippen molar-refractivity contribution in [3.8, 4) is 0 Å². The number of methoxy groups -OCH3 is 1. The van der Waals surface area contributed by atoms with Crippen LogP contribution in [0.4, 0.5) is 0 Å². The first kappa shape index (κ1) is 10.7. The number of cyclic esters (lactones) is 1. The highest BCUT2D eigenvalue weighted by Crippen LogP contribution is 2.11. The molecule has 78 valence electrons. The fourth-order valence-electron chi connectivity index (χ4n) is 1.03. The first-order chi connectivity index (χ1) is 6.63. The van der Waals surface area contributed by atoms with Crippen LogP contribution in [-0.2, 0) is 23.8 Å². The fraction of sp³-hybridized carbons (Fsp3) is 0.556. The van der Waals surface area contributed by atoms with Gasteiger partial charge in [0, 0.05) is 7.11 Å². The second kappa shape index (κ2) is 4.76. The minimum absolute atomic E-state index is 0.117. The minimum atomic E-state index is -0.546. The summed E-state index contributed by atoms with van der Waals surface area (Å²) in [5.41, 5.74) is 0.229. The summed E-state index contributed by atoms with van der Waals surface area (Å²) in [6.45, 7) is 3.74. The van der Waals surface area contributed by atoms with Crippen LogP contribution >= 0.6 is 0 Å². The second-order valence-electron chi connectivity index (χ2n) is 2.95. The van der Waals surface area contributed by atoms with Gasteiger partial charge in [-0.3, -0.25) is 4.79 Å². The molecule has 0 saturated carbocycles. The molecule has 1 aliphatic heterocycles. The van der Waals surface area contributed by atoms with Gasteiger partial charge in [-0.2, -0.15) is 0 Å². The molecule has 1 rings (SSSR count). The van der Waals surface area contributed by atoms with Crippen LogP contribution in [0.25, 0.3) is 0 Å². The molecule has 0 aliphatic carbocycles. The number of rotatable bonds is 4. The summed E-state index contributed by atoms with van der Waals surface area (Å²) >= 11 is 0. The quantitative estimate of drug-likeness (QED) is 0.474. The van der Waals surface area contributed by atoms with E-state index >= 15 is 0 Å². The van der Waals surface area contributed by atoms with E-state index in [2.05, 4.69) is 11.3 Å². The molecular weight excluding hydrogens is 188 g/mol. The van der Waals surface area contributed by atoms with E-state index in [1.165, 1.54) is 7.11 Å². The second-order valence-corrected chi connectivity index (χ2v) is 2.95. The van der Waals surface area contributed by atoms with E-state index in [9.17, 15) is 9.59 Å². The molecule has 1 saturated heterocycles. The van der Waals surface area contributed by atoms with Crippen LogP contribution in [0.3, 0.4) is 0 Å². The molecule has 14 heavy (non-hydrogen) atoms. The lowest BCUT2D eigenvalue weighted by Gasteiger charge is -2.09. The molecule has 1 heterocycles. The minimum Gasteiger partial charge on any atom is -0.462 e. The Labute approximate surface area is 81.6 Å². The topological polar surface area (TPSA) is 61.8 Å². The molecule has 5 nitrogen and oxygen atoms in total. The van der Waals surface area contributed by atoms with Gasteiger partial charge in [0.1, 0.15) is 12.7 Å². The van der Waals surface area contributed by atoms with E-state index in [1.807, 2.05) is 0 Å². The Morgan fingerprint density at radius 2 is 2.43 bits per heavy atom. The zero-order valence-corrected chi connectivity index (χ0v) is 7.95. The number of esters is 2. The first-order valence-electron chi connectivity index (χ1n) is 4.16. The lowest BCUT2D eigenvalue weighted by atomic mass is 10.3. The van der Waals surface area contributed by atoms with Gasteiger partial charge in [0.25, 0.3) is 0 Å². The summed E-state index contributed by atoms with van der Waals surface area (Å²) < 4.78 is 14.3. The predicted octanol–water partition coefficient (Wildman–Crippen LogP) is 0.0477. The van der Waals surface area contributed by atoms with Crippen LogP contribution in [0.2, 0.25) is 0 Å². The van der Waals surface area contributed by atoms with Gasteiger partial charge in [-0.25, -0.2) is 4.79 Å². The molecule has 0 aromatic rings. The van der Waals surface area contributed by atoms with E-state index < -0.39 is 12.1 Å². The Bertz CT molecular complexity index is 258. The molecule has 0 aromatic carbocycles. The van der Waals surface area contributed by atoms with E-state index in [0.29, 0.717) is 0 Å². The maximum absolute atomic E-state index is 11.2. The van der Waals surface area contributed by atoms with Crippen molar-refractivity contribution in [2.75, 3.05) is 20.3 Å². The summed E-state index contributed by atoms with van der Waals surface area (Å²) in [5, 5.41) is 0. The Hall–Kier alpha value is -1.36. The van der Waals surface area contributed by atoms with Gasteiger partial charge >= 0.3 is 11.9 Å². The number of hydrogen-bond acceptors (Lipinski definition) is 5. The maximum atomic E-state index is 11.2. The monoisotopic (exact) mass is 200 g/mol. The summed E-state index contributed by atoms with van der Waals surface area (Å²) in [6, 6.07) is 0. The van der Waals surface area contributed by atoms with Crippen molar-refractivity contribution in [2.45, 2.75) is 12.5 Å². The average Bonchev–Trinajstić information content (AvgIpc) is 2.51. The predicted molar refractivity (Wildman–Crippen MR) is 46.5 cm³/mol. The van der Waals surface area contributed by atoms with Crippen LogP contribution in [0.5, 0.6) is 0 Å². The molecule has 1 aliphatic rings. The number of carbonyl (C=O) groups excluding carboxylic acids is 2. The summed E-state index contributed by atoms with van der Waals surface area (Å²) in [5.74, 6) is -0.893. The van der Waals surface area contributed by atoms with Crippen molar-refractivity contribution in [3.63, 3.8) is 0 Å². The molecule has 1 atom stereocenters. The Kier molecular flexibility index (Phi) is 3.64. The summed E-state index contributed by atoms with van der Waals surface area (Å²) in [7, 11) is 1.46. The third-order valence-electron chi connectivity index (χ3n) is 1.71. The zero-order chi connectivity index (χ0) is 10.6. The van der Waals surface area contributed by atoms with Gasteiger partial charge in [0.2, 0.25) is 0 Å². The smallest absolute Gasteiger partial charge is 0.336 e. The van der Waals surface area contributed by atoms with Crippen molar-refractivity contribution in [1.29, 1.82) is 0 Å². The average molecular weight is 200 g/mol. The van der Waals surface area contributed by atoms with Crippen molar-refractivity contribution < 1.29 is 23.8 Å². The van der Waals surface area contributed by atoms with Gasteiger partial charge in [0.05, 0.1) is 18.6 Å². The Morgan fingerprint density at radius 1 is 1.71 bits per heavy atom. The largest absolute Gasteiger partial charge is 0.462 e. The molecular formula is C9H12O5. The molecule has 5 heteroatoms. The zero-order valence-electron chi connectivity index (χ0n) is 7.95. The maximum Gasteiger partial charge on any atom is 0.336 e. The van der Waals surface area contributed by atoms with Gasteiger partial charge in [-0.05, 0) is 0 Å². The van der Waals surface area contributed by atoms with Crippen LogP contribution in [0.15, 0.2) is 12.2 Å². The van der Waals surface area contributed by atoms with Gasteiger partial charge in [0.15, 0.2) is 0 Å². The summed E-state index contributed by atoms with van der Waals surface area (Å²) in [6.07, 6.45) is -0.366. The van der Waals surface area contributed by atoms with Crippen LogP contribution in [0.1, 0.15) is 6.42 Å². The highest BCUT2D eigenvalue weighted by atomic mass is 16.6. The Balaban J connectivity index is 2.33. The van der Waals surface area contributed by atoms with E-state index in [-0.39, 0.29) is 31.2 Å². The fourth-order valence-corrected chi connectivity index (χ4v) is 1.03. The van der Waals surface area contributed by atoms with Gasteiger partial charge in [-0.15, -0.1) is 0 Å². The van der Waals surface area contributed by atoms with Crippen LogP contribution in [0, 0.1) is 0 Å². The highest BCUT2D eigenvalue weighted by Gasteiger charge is 2.27. The van der Waals surface area contributed by atoms with Gasteiger partial charge < -0.3 is 14.2 Å². The number of hydrogen-bond donors (Lipinski definition) is 0. The van der Waals surface area contributed by atoms with Crippen LogP contribution < -0.4 is 0 Å². The van der Waals surface area contributed by atoms with Crippen molar-refractivity contribution in [3.05, 3.63) is 12.2 Å². The molecule has 0 bridgehead atoms. The molecule has 0 N–H and O–H groups in total. The molecule has 1 fully saturated rings. The molecule has 0 radical (unpaired) electrons. The van der Waals surface area contributed by atoms with Crippen LogP contribution in [-0.4, -0.2) is 38.4 Å². The first-order valence-corrected chi connectivity index (χ1v) is 4.16. The molecule has 1 unspecified atom stereocenters. The summed E-state index contributed by atoms with van der Waals surface area (Å²) in [4.78, 5) is 21.9. The third kappa shape index (κ3) is 2.85. The van der Waals surface area contributed by atoms with Crippen molar-refractivity contribution in [1.82, 2.24) is 0 Å². The molecule has 0 amide bonds. The number of carbonyl (C=O) groups is 2. The normalized spacial score (nSPS) is 20.4. The van der Waals surface area contributed by atoms with Crippen molar-refractivity contribution in [2.24, 2.45) is 0 Å². The standard InChI is InChI=1S/C9H12O5/c1-6(4-12-2)9(11)14-7-3-8(10)13-5-7/h7H,1,3-5H2,2H3. The van der Waals surface area contributed by atoms with Crippen molar-refractivity contribution >= 4 is 11.9 Å². The number of ether oxygens (including phenoxy) is 3. The van der Waals surface area contributed by atoms with E-state index in [4.69, 9.17) is 9.47 Å². The molecule has 0 spiro atoms. The Morgan fingerprint density at radius 3 is 2.93 bits per heavy atom. The molecule has 0 aromatic heterocycles. The third-order valence-corrected chi connectivity index (χ3v) is 1.71.